The molecule has 0 amide bonds. The van der Waals surface area contributed by atoms with Gasteiger partial charge >= 0.3 is 0 Å². The van der Waals surface area contributed by atoms with E-state index in [4.69, 9.17) is 11.5 Å². The average Bonchev–Trinajstić information content (AvgIpc) is 2.72. The number of rotatable bonds is 2. The lowest BCUT2D eigenvalue weighted by Crippen LogP contribution is -2.00. The molecule has 0 radical (unpaired) electrons. The zero-order valence-electron chi connectivity index (χ0n) is 9.19. The molecular weight excluding hydrogens is 250 g/mol. The molecule has 0 aliphatic carbocycles. The van der Waals surface area contributed by atoms with Crippen molar-refractivity contribution in [3.05, 3.63) is 30.5 Å². The third-order valence-corrected chi connectivity index (χ3v) is 3.10. The molecule has 18 heavy (non-hydrogen) atoms. The first kappa shape index (κ1) is 10.8. The Kier molecular flexibility index (Phi) is 2.49. The van der Waals surface area contributed by atoms with Gasteiger partial charge in [-0.05, 0) is 23.9 Å². The number of anilines is 2. The lowest BCUT2D eigenvalue weighted by molar-refractivity contribution is 0.916. The van der Waals surface area contributed by atoms with Gasteiger partial charge in [0.25, 0.3) is 0 Å². The summed E-state index contributed by atoms with van der Waals surface area (Å²) >= 11 is 1.33. The van der Waals surface area contributed by atoms with Gasteiger partial charge in [-0.15, -0.1) is 10.2 Å². The predicted molar refractivity (Wildman–Crippen MR) is 68.0 cm³/mol. The van der Waals surface area contributed by atoms with Crippen molar-refractivity contribution in [1.82, 2.24) is 24.6 Å². The molecule has 0 atom stereocenters. The number of nitrogens with zero attached hydrogens (tertiary/aromatic N) is 5. The highest BCUT2D eigenvalue weighted by molar-refractivity contribution is 7.99. The highest BCUT2D eigenvalue weighted by Gasteiger charge is 2.08. The van der Waals surface area contributed by atoms with Crippen LogP contribution in [-0.4, -0.2) is 24.6 Å². The predicted octanol–water partition coefficient (Wildman–Crippen LogP) is 0.835. The van der Waals surface area contributed by atoms with Crippen molar-refractivity contribution in [3.8, 4) is 0 Å². The van der Waals surface area contributed by atoms with Crippen LogP contribution in [0.5, 0.6) is 0 Å². The van der Waals surface area contributed by atoms with Crippen LogP contribution in [0.15, 0.2) is 40.6 Å². The Bertz CT molecular complexity index is 688. The number of nitrogen functional groups attached to an aromatic ring is 2. The van der Waals surface area contributed by atoms with Crippen molar-refractivity contribution in [1.29, 1.82) is 0 Å². The summed E-state index contributed by atoms with van der Waals surface area (Å²) in [6, 6.07) is 7.33. The standard InChI is InChI=1S/C10H9N7S/c11-6-5-8(14-9(12)13-6)18-10-16-15-7-3-1-2-4-17(7)10/h1-5H,(H4,11,12,13,14). The van der Waals surface area contributed by atoms with E-state index in [1.54, 1.807) is 6.07 Å². The van der Waals surface area contributed by atoms with Crippen molar-refractivity contribution in [3.63, 3.8) is 0 Å². The van der Waals surface area contributed by atoms with Crippen LogP contribution in [0, 0.1) is 0 Å². The molecule has 0 aliphatic rings. The van der Waals surface area contributed by atoms with Gasteiger partial charge in [0.2, 0.25) is 11.1 Å². The SMILES string of the molecule is Nc1cc(Sc2nnc3ccccn23)nc(N)n1. The van der Waals surface area contributed by atoms with Crippen LogP contribution in [0.25, 0.3) is 5.65 Å². The second-order valence-corrected chi connectivity index (χ2v) is 4.49. The molecule has 3 aromatic rings. The van der Waals surface area contributed by atoms with Gasteiger partial charge in [0.05, 0.1) is 0 Å². The lowest BCUT2D eigenvalue weighted by Gasteiger charge is -2.01. The molecular formula is C10H9N7S. The minimum Gasteiger partial charge on any atom is -0.383 e. The van der Waals surface area contributed by atoms with Gasteiger partial charge in [0, 0.05) is 12.3 Å². The summed E-state index contributed by atoms with van der Waals surface area (Å²) in [6.45, 7) is 0. The van der Waals surface area contributed by atoms with Gasteiger partial charge in [0.1, 0.15) is 10.8 Å². The number of aromatic nitrogens is 5. The summed E-state index contributed by atoms with van der Waals surface area (Å²) in [4.78, 5) is 7.90. The Morgan fingerprint density at radius 1 is 1.11 bits per heavy atom. The average molecular weight is 259 g/mol. The Balaban J connectivity index is 2.01. The van der Waals surface area contributed by atoms with E-state index in [2.05, 4.69) is 20.2 Å². The van der Waals surface area contributed by atoms with E-state index in [-0.39, 0.29) is 5.95 Å². The fraction of sp³-hybridized carbons (Fsp3) is 0. The third-order valence-electron chi connectivity index (χ3n) is 2.22. The molecule has 7 nitrogen and oxygen atoms in total. The first-order valence-electron chi connectivity index (χ1n) is 5.10. The minimum absolute atomic E-state index is 0.145. The van der Waals surface area contributed by atoms with E-state index < -0.39 is 0 Å². The number of fused-ring (bicyclic) bond motifs is 1. The molecule has 0 aromatic carbocycles. The van der Waals surface area contributed by atoms with Gasteiger partial charge in [-0.2, -0.15) is 4.98 Å². The summed E-state index contributed by atoms with van der Waals surface area (Å²) in [7, 11) is 0. The van der Waals surface area contributed by atoms with Crippen LogP contribution in [0.3, 0.4) is 0 Å². The van der Waals surface area contributed by atoms with Crippen molar-refractivity contribution in [2.24, 2.45) is 0 Å². The van der Waals surface area contributed by atoms with Gasteiger partial charge in [-0.25, -0.2) is 4.98 Å². The molecule has 4 N–H and O–H groups in total. The van der Waals surface area contributed by atoms with Gasteiger partial charge in [-0.1, -0.05) is 6.07 Å². The van der Waals surface area contributed by atoms with Crippen molar-refractivity contribution >= 4 is 29.2 Å². The van der Waals surface area contributed by atoms with E-state index in [9.17, 15) is 0 Å². The quantitative estimate of drug-likeness (QED) is 0.656. The molecule has 0 saturated carbocycles. The van der Waals surface area contributed by atoms with Gasteiger partial charge in [-0.3, -0.25) is 4.40 Å². The van der Waals surface area contributed by atoms with Gasteiger partial charge < -0.3 is 11.5 Å². The molecule has 0 bridgehead atoms. The molecule has 3 aromatic heterocycles. The van der Waals surface area contributed by atoms with Crippen molar-refractivity contribution in [2.45, 2.75) is 10.2 Å². The summed E-state index contributed by atoms with van der Waals surface area (Å²) < 4.78 is 1.86. The first-order chi connectivity index (χ1) is 8.72. The fourth-order valence-electron chi connectivity index (χ4n) is 1.50. The molecule has 0 saturated heterocycles. The van der Waals surface area contributed by atoms with E-state index in [1.807, 2.05) is 28.8 Å². The second-order valence-electron chi connectivity index (χ2n) is 3.50. The topological polar surface area (TPSA) is 108 Å². The highest BCUT2D eigenvalue weighted by Crippen LogP contribution is 2.25. The van der Waals surface area contributed by atoms with Crippen LogP contribution in [0.4, 0.5) is 11.8 Å². The Labute approximate surface area is 106 Å². The summed E-state index contributed by atoms with van der Waals surface area (Å²) in [5.41, 5.74) is 11.9. The smallest absolute Gasteiger partial charge is 0.223 e. The molecule has 3 heterocycles. The normalized spacial score (nSPS) is 10.9. The number of hydrogen-bond acceptors (Lipinski definition) is 7. The second kappa shape index (κ2) is 4.15. The third kappa shape index (κ3) is 1.93. The van der Waals surface area contributed by atoms with Crippen LogP contribution >= 0.6 is 11.8 Å². The highest BCUT2D eigenvalue weighted by atomic mass is 32.2. The van der Waals surface area contributed by atoms with Gasteiger partial charge in [0.15, 0.2) is 5.65 Å². The van der Waals surface area contributed by atoms with E-state index in [1.165, 1.54) is 11.8 Å². The number of pyridine rings is 1. The molecule has 0 unspecified atom stereocenters. The maximum Gasteiger partial charge on any atom is 0.223 e. The van der Waals surface area contributed by atoms with E-state index in [0.717, 1.165) is 5.65 Å². The van der Waals surface area contributed by atoms with Crippen molar-refractivity contribution < 1.29 is 0 Å². The van der Waals surface area contributed by atoms with Crippen molar-refractivity contribution in [2.75, 3.05) is 11.5 Å². The van der Waals surface area contributed by atoms with Crippen LogP contribution in [0.1, 0.15) is 0 Å². The van der Waals surface area contributed by atoms with E-state index >= 15 is 0 Å². The molecule has 0 aliphatic heterocycles. The summed E-state index contributed by atoms with van der Waals surface area (Å²) in [5.74, 6) is 0.477. The maximum atomic E-state index is 5.61. The molecule has 0 fully saturated rings. The Morgan fingerprint density at radius 2 is 2.00 bits per heavy atom. The van der Waals surface area contributed by atoms with Crippen LogP contribution in [-0.2, 0) is 0 Å². The minimum atomic E-state index is 0.145. The zero-order valence-corrected chi connectivity index (χ0v) is 10.0. The van der Waals surface area contributed by atoms with Crippen LogP contribution in [0.2, 0.25) is 0 Å². The Hall–Kier alpha value is -2.35. The molecule has 3 rings (SSSR count). The Morgan fingerprint density at radius 3 is 2.83 bits per heavy atom. The molecule has 0 spiro atoms. The van der Waals surface area contributed by atoms with Crippen LogP contribution < -0.4 is 11.5 Å². The monoisotopic (exact) mass is 259 g/mol. The summed E-state index contributed by atoms with van der Waals surface area (Å²) in [6.07, 6.45) is 1.88. The number of hydrogen-bond donors (Lipinski definition) is 2. The molecule has 8 heteroatoms. The summed E-state index contributed by atoms with van der Waals surface area (Å²) in [5, 5.41) is 9.46. The fourth-order valence-corrected chi connectivity index (χ4v) is 2.34. The first-order valence-corrected chi connectivity index (χ1v) is 5.92. The lowest BCUT2D eigenvalue weighted by atomic mass is 10.5. The zero-order chi connectivity index (χ0) is 12.5. The maximum absolute atomic E-state index is 5.61. The molecule has 90 valence electrons. The van der Waals surface area contributed by atoms with E-state index in [0.29, 0.717) is 16.0 Å². The largest absolute Gasteiger partial charge is 0.383 e. The number of nitrogens with two attached hydrogens (primary N) is 2.